The van der Waals surface area contributed by atoms with Crippen molar-refractivity contribution in [1.82, 2.24) is 4.90 Å². The van der Waals surface area contributed by atoms with Gasteiger partial charge in [0.25, 0.3) is 0 Å². The summed E-state index contributed by atoms with van der Waals surface area (Å²) in [5.41, 5.74) is 0. The average molecular weight is 115 g/mol. The summed E-state index contributed by atoms with van der Waals surface area (Å²) in [7, 11) is 3.87. The second-order valence-corrected chi connectivity index (χ2v) is 2.31. The van der Waals surface area contributed by atoms with Gasteiger partial charge in [-0.3, -0.25) is 4.90 Å². The lowest BCUT2D eigenvalue weighted by molar-refractivity contribution is 0.0109. The molecule has 0 radical (unpaired) electrons. The molecule has 0 aliphatic carbocycles. The Morgan fingerprint density at radius 3 is 2.62 bits per heavy atom. The van der Waals surface area contributed by atoms with Crippen molar-refractivity contribution in [1.29, 1.82) is 0 Å². The fourth-order valence-electron chi connectivity index (χ4n) is 1.18. The summed E-state index contributed by atoms with van der Waals surface area (Å²) in [5, 5.41) is 0. The number of likely N-dealkylation sites (tertiary alicyclic amines) is 1. The molecule has 0 aromatic carbocycles. The van der Waals surface area contributed by atoms with Crippen molar-refractivity contribution in [3.63, 3.8) is 0 Å². The number of hydrogen-bond donors (Lipinski definition) is 0. The number of hydrogen-bond acceptors (Lipinski definition) is 2. The average Bonchev–Trinajstić information content (AvgIpc) is 2.14. The van der Waals surface area contributed by atoms with Crippen LogP contribution < -0.4 is 0 Å². The molecule has 8 heavy (non-hydrogen) atoms. The summed E-state index contributed by atoms with van der Waals surface area (Å²) < 4.78 is 5.15. The predicted octanol–water partition coefficient (Wildman–Crippen LogP) is 0.684. The lowest BCUT2D eigenvalue weighted by atomic mass is 10.4. The smallest absolute Gasteiger partial charge is 0.110 e. The van der Waals surface area contributed by atoms with Crippen LogP contribution in [0.3, 0.4) is 0 Å². The Hall–Kier alpha value is -0.0800. The first-order valence-corrected chi connectivity index (χ1v) is 3.07. The quantitative estimate of drug-likeness (QED) is 0.498. The Morgan fingerprint density at radius 2 is 2.38 bits per heavy atom. The van der Waals surface area contributed by atoms with E-state index in [-0.39, 0.29) is 0 Å². The summed E-state index contributed by atoms with van der Waals surface area (Å²) in [6.07, 6.45) is 2.89. The van der Waals surface area contributed by atoms with E-state index in [9.17, 15) is 0 Å². The van der Waals surface area contributed by atoms with Crippen molar-refractivity contribution >= 4 is 0 Å². The molecule has 2 nitrogen and oxygen atoms in total. The van der Waals surface area contributed by atoms with Gasteiger partial charge in [0.15, 0.2) is 0 Å². The topological polar surface area (TPSA) is 12.5 Å². The molecule has 1 aliphatic heterocycles. The molecule has 48 valence electrons. The first-order chi connectivity index (χ1) is 3.84. The van der Waals surface area contributed by atoms with Gasteiger partial charge in [0.1, 0.15) is 6.23 Å². The van der Waals surface area contributed by atoms with Gasteiger partial charge in [0.05, 0.1) is 0 Å². The zero-order chi connectivity index (χ0) is 5.98. The Labute approximate surface area is 50.4 Å². The van der Waals surface area contributed by atoms with Crippen LogP contribution in [-0.2, 0) is 4.74 Å². The molecule has 0 aromatic rings. The van der Waals surface area contributed by atoms with Crippen LogP contribution in [0, 0.1) is 0 Å². The van der Waals surface area contributed by atoms with E-state index in [1.165, 1.54) is 19.4 Å². The van der Waals surface area contributed by atoms with E-state index in [0.29, 0.717) is 6.23 Å². The normalized spacial score (nSPS) is 31.5. The maximum atomic E-state index is 5.15. The Kier molecular flexibility index (Phi) is 1.86. The molecule has 0 bridgehead atoms. The van der Waals surface area contributed by atoms with Gasteiger partial charge in [-0.05, 0) is 19.9 Å². The Balaban J connectivity index is 2.30. The third-order valence-electron chi connectivity index (χ3n) is 1.73. The molecule has 1 saturated heterocycles. The van der Waals surface area contributed by atoms with E-state index in [4.69, 9.17) is 4.74 Å². The minimum absolute atomic E-state index is 0.398. The van der Waals surface area contributed by atoms with Gasteiger partial charge in [-0.2, -0.15) is 0 Å². The highest BCUT2D eigenvalue weighted by Crippen LogP contribution is 2.13. The first kappa shape index (κ1) is 6.05. The van der Waals surface area contributed by atoms with Crippen molar-refractivity contribution in [3.05, 3.63) is 0 Å². The molecule has 0 N–H and O–H groups in total. The first-order valence-electron chi connectivity index (χ1n) is 3.07. The molecule has 0 amide bonds. The molecule has 0 saturated carbocycles. The van der Waals surface area contributed by atoms with Crippen molar-refractivity contribution in [3.8, 4) is 0 Å². The molecule has 1 atom stereocenters. The fourth-order valence-corrected chi connectivity index (χ4v) is 1.18. The van der Waals surface area contributed by atoms with Crippen LogP contribution in [0.15, 0.2) is 0 Å². The van der Waals surface area contributed by atoms with Crippen LogP contribution in [0.25, 0.3) is 0 Å². The second kappa shape index (κ2) is 2.46. The van der Waals surface area contributed by atoms with E-state index in [0.717, 1.165) is 0 Å². The van der Waals surface area contributed by atoms with Gasteiger partial charge in [0.2, 0.25) is 0 Å². The highest BCUT2D eigenvalue weighted by atomic mass is 16.5. The van der Waals surface area contributed by atoms with Crippen molar-refractivity contribution < 1.29 is 4.74 Å². The predicted molar refractivity (Wildman–Crippen MR) is 32.7 cm³/mol. The number of rotatable bonds is 1. The van der Waals surface area contributed by atoms with E-state index in [1.807, 2.05) is 0 Å². The fraction of sp³-hybridized carbons (Fsp3) is 1.00. The van der Waals surface area contributed by atoms with Crippen molar-refractivity contribution in [2.75, 3.05) is 20.7 Å². The molecule has 1 aliphatic rings. The Morgan fingerprint density at radius 1 is 1.62 bits per heavy atom. The third-order valence-corrected chi connectivity index (χ3v) is 1.73. The monoisotopic (exact) mass is 115 g/mol. The third kappa shape index (κ3) is 1.01. The van der Waals surface area contributed by atoms with Gasteiger partial charge in [-0.1, -0.05) is 0 Å². The maximum Gasteiger partial charge on any atom is 0.110 e. The second-order valence-electron chi connectivity index (χ2n) is 2.31. The summed E-state index contributed by atoms with van der Waals surface area (Å²) >= 11 is 0. The van der Waals surface area contributed by atoms with Crippen LogP contribution in [-0.4, -0.2) is 31.8 Å². The maximum absolute atomic E-state index is 5.15. The molecule has 0 spiro atoms. The lowest BCUT2D eigenvalue weighted by Crippen LogP contribution is -2.25. The molecule has 1 heterocycles. The van der Waals surface area contributed by atoms with Gasteiger partial charge in [-0.15, -0.1) is 0 Å². The van der Waals surface area contributed by atoms with Crippen molar-refractivity contribution in [2.45, 2.75) is 19.1 Å². The molecule has 1 rings (SSSR count). The molecule has 2 heteroatoms. The highest BCUT2D eigenvalue weighted by molar-refractivity contribution is 4.66. The van der Waals surface area contributed by atoms with Crippen LogP contribution in [0.2, 0.25) is 0 Å². The highest BCUT2D eigenvalue weighted by Gasteiger charge is 2.18. The van der Waals surface area contributed by atoms with E-state index >= 15 is 0 Å². The van der Waals surface area contributed by atoms with E-state index in [2.05, 4.69) is 11.9 Å². The zero-order valence-corrected chi connectivity index (χ0v) is 5.55. The van der Waals surface area contributed by atoms with Gasteiger partial charge < -0.3 is 4.74 Å². The van der Waals surface area contributed by atoms with Crippen molar-refractivity contribution in [2.24, 2.45) is 0 Å². The lowest BCUT2D eigenvalue weighted by Gasteiger charge is -2.16. The molecular weight excluding hydrogens is 102 g/mol. The number of methoxy groups -OCH3 is 1. The van der Waals surface area contributed by atoms with E-state index < -0.39 is 0 Å². The number of nitrogens with zero attached hydrogens (tertiary/aromatic N) is 1. The summed E-state index contributed by atoms with van der Waals surface area (Å²) in [6.45, 7) is 1.19. The minimum Gasteiger partial charge on any atom is -0.366 e. The minimum atomic E-state index is 0.398. The summed E-state index contributed by atoms with van der Waals surface area (Å²) in [5.74, 6) is 0. The molecule has 0 aromatic heterocycles. The van der Waals surface area contributed by atoms with Gasteiger partial charge in [-0.25, -0.2) is 0 Å². The summed E-state index contributed by atoms with van der Waals surface area (Å²) in [6, 6.07) is 0. The van der Waals surface area contributed by atoms with Crippen LogP contribution in [0.5, 0.6) is 0 Å². The molecular formula is C6H13NO. The SMILES string of the molecule is CO[C@H]1CCCN1C. The summed E-state index contributed by atoms with van der Waals surface area (Å²) in [4.78, 5) is 2.24. The largest absolute Gasteiger partial charge is 0.366 e. The van der Waals surface area contributed by atoms with Crippen LogP contribution >= 0.6 is 0 Å². The van der Waals surface area contributed by atoms with Crippen LogP contribution in [0.1, 0.15) is 12.8 Å². The Bertz CT molecular complexity index is 74.9. The molecule has 1 fully saturated rings. The van der Waals surface area contributed by atoms with Gasteiger partial charge >= 0.3 is 0 Å². The van der Waals surface area contributed by atoms with Crippen LogP contribution in [0.4, 0.5) is 0 Å². The number of ether oxygens (including phenoxy) is 1. The standard InChI is InChI=1S/C6H13NO/c1-7-5-3-4-6(7)8-2/h6H,3-5H2,1-2H3/t6-/m0/s1. The zero-order valence-electron chi connectivity index (χ0n) is 5.55. The van der Waals surface area contributed by atoms with Gasteiger partial charge in [0, 0.05) is 13.7 Å². The van der Waals surface area contributed by atoms with E-state index in [1.54, 1.807) is 7.11 Å². The molecule has 0 unspecified atom stereocenters.